The van der Waals surface area contributed by atoms with Crippen molar-refractivity contribution in [3.05, 3.63) is 12.3 Å². The molecule has 1 aliphatic heterocycles. The molecular formula is C12H17N3O4S. The maximum Gasteiger partial charge on any atom is 0.306 e. The lowest BCUT2D eigenvalue weighted by Gasteiger charge is -2.24. The van der Waals surface area contributed by atoms with E-state index in [0.29, 0.717) is 31.4 Å². The Kier molecular flexibility index (Phi) is 4.22. The number of hydrogen-bond acceptors (Lipinski definition) is 5. The first-order valence-electron chi connectivity index (χ1n) is 6.36. The minimum atomic E-state index is -3.75. The smallest absolute Gasteiger partial charge is 0.306 e. The molecule has 0 bridgehead atoms. The molecule has 2 aliphatic rings. The summed E-state index contributed by atoms with van der Waals surface area (Å²) in [5.41, 5.74) is -0.488. The van der Waals surface area contributed by atoms with Crippen molar-refractivity contribution in [2.75, 3.05) is 7.05 Å². The summed E-state index contributed by atoms with van der Waals surface area (Å²) in [7, 11) is -2.13. The highest BCUT2D eigenvalue weighted by atomic mass is 32.2. The van der Waals surface area contributed by atoms with Gasteiger partial charge in [0.1, 0.15) is 0 Å². The van der Waals surface area contributed by atoms with Gasteiger partial charge in [0.05, 0.1) is 5.92 Å². The molecule has 7 nitrogen and oxygen atoms in total. The summed E-state index contributed by atoms with van der Waals surface area (Å²) in [5.74, 6) is -1.22. The molecule has 0 spiro atoms. The number of carboxylic acid groups (broad SMARTS) is 1. The molecule has 1 unspecified atom stereocenters. The number of aliphatic carboxylic acids is 1. The molecule has 0 aromatic heterocycles. The molecule has 0 aromatic rings. The van der Waals surface area contributed by atoms with E-state index in [0.717, 1.165) is 0 Å². The van der Waals surface area contributed by atoms with Gasteiger partial charge in [0.15, 0.2) is 0 Å². The van der Waals surface area contributed by atoms with Crippen LogP contribution in [-0.4, -0.2) is 48.9 Å². The number of aliphatic imine (C=N–C) groups is 1. The summed E-state index contributed by atoms with van der Waals surface area (Å²) in [6, 6.07) is 0. The standard InChI is InChI=1S/C12H17N3O4S/c1-15-8-2-7-13-12(15)20(18,19)14-10-5-3-9(4-6-10)11(16)17/h2,7-9,12H,3-6H2,1H3,(H,16,17). The van der Waals surface area contributed by atoms with Crippen LogP contribution >= 0.6 is 0 Å². The monoisotopic (exact) mass is 299 g/mol. The molecule has 110 valence electrons. The lowest BCUT2D eigenvalue weighted by molar-refractivity contribution is -0.142. The number of allylic oxidation sites excluding steroid dienone is 1. The highest BCUT2D eigenvalue weighted by molar-refractivity contribution is 7.90. The van der Waals surface area contributed by atoms with Crippen molar-refractivity contribution in [3.63, 3.8) is 0 Å². The quantitative estimate of drug-likeness (QED) is 0.832. The molecule has 1 saturated carbocycles. The van der Waals surface area contributed by atoms with Crippen LogP contribution < -0.4 is 0 Å². The number of carbonyl (C=O) groups is 1. The molecule has 2 rings (SSSR count). The second kappa shape index (κ2) is 5.74. The lowest BCUT2D eigenvalue weighted by Crippen LogP contribution is -2.34. The van der Waals surface area contributed by atoms with Gasteiger partial charge in [-0.05, 0) is 31.8 Å². The third kappa shape index (κ3) is 3.24. The van der Waals surface area contributed by atoms with Gasteiger partial charge in [0, 0.05) is 25.2 Å². The van der Waals surface area contributed by atoms with Crippen LogP contribution in [0.3, 0.4) is 0 Å². The summed E-state index contributed by atoms with van der Waals surface area (Å²) in [4.78, 5) is 16.2. The minimum Gasteiger partial charge on any atom is -0.481 e. The van der Waals surface area contributed by atoms with E-state index in [1.54, 1.807) is 19.3 Å². The zero-order valence-electron chi connectivity index (χ0n) is 11.1. The van der Waals surface area contributed by atoms with Gasteiger partial charge in [-0.15, -0.1) is 0 Å². The molecule has 8 heteroatoms. The largest absolute Gasteiger partial charge is 0.481 e. The van der Waals surface area contributed by atoms with Crippen molar-refractivity contribution in [2.24, 2.45) is 15.3 Å². The Balaban J connectivity index is 2.09. The van der Waals surface area contributed by atoms with Gasteiger partial charge in [-0.25, -0.2) is 8.42 Å². The Morgan fingerprint density at radius 2 is 2.10 bits per heavy atom. The molecule has 1 atom stereocenters. The SMILES string of the molecule is CN1C=CC=NC1S(=O)(=O)N=C1CCC(C(=O)O)CC1. The Bertz CT molecular complexity index is 570. The summed E-state index contributed by atoms with van der Waals surface area (Å²) in [5, 5.41) is 8.90. The van der Waals surface area contributed by atoms with Crippen LogP contribution in [0.1, 0.15) is 25.7 Å². The number of sulfonamides is 1. The number of nitrogens with zero attached hydrogens (tertiary/aromatic N) is 3. The van der Waals surface area contributed by atoms with E-state index in [2.05, 4.69) is 9.39 Å². The van der Waals surface area contributed by atoms with Crippen LogP contribution in [0, 0.1) is 5.92 Å². The zero-order valence-corrected chi connectivity index (χ0v) is 12.0. The summed E-state index contributed by atoms with van der Waals surface area (Å²) < 4.78 is 28.2. The molecule has 1 fully saturated rings. The number of carboxylic acids is 1. The van der Waals surface area contributed by atoms with E-state index in [9.17, 15) is 13.2 Å². The molecule has 1 N–H and O–H groups in total. The summed E-state index contributed by atoms with van der Waals surface area (Å²) in [6.07, 6.45) is 6.40. The average molecular weight is 299 g/mol. The van der Waals surface area contributed by atoms with E-state index in [1.165, 1.54) is 11.1 Å². The molecule has 0 saturated heterocycles. The molecule has 0 amide bonds. The fourth-order valence-corrected chi connectivity index (χ4v) is 3.63. The third-order valence-electron chi connectivity index (χ3n) is 3.40. The summed E-state index contributed by atoms with van der Waals surface area (Å²) in [6.45, 7) is 0. The molecule has 20 heavy (non-hydrogen) atoms. The Morgan fingerprint density at radius 3 is 2.65 bits per heavy atom. The van der Waals surface area contributed by atoms with Crippen molar-refractivity contribution < 1.29 is 18.3 Å². The van der Waals surface area contributed by atoms with Crippen molar-refractivity contribution in [1.82, 2.24) is 4.90 Å². The first kappa shape index (κ1) is 14.7. The van der Waals surface area contributed by atoms with Crippen molar-refractivity contribution in [3.8, 4) is 0 Å². The van der Waals surface area contributed by atoms with Crippen LogP contribution in [0.25, 0.3) is 0 Å². The molecule has 0 radical (unpaired) electrons. The molecule has 0 aromatic carbocycles. The maximum atomic E-state index is 12.2. The van der Waals surface area contributed by atoms with E-state index in [1.807, 2.05) is 0 Å². The maximum absolute atomic E-state index is 12.2. The fourth-order valence-electron chi connectivity index (χ4n) is 2.28. The van der Waals surface area contributed by atoms with Gasteiger partial charge >= 0.3 is 5.97 Å². The molecule has 1 aliphatic carbocycles. The number of hydrogen-bond donors (Lipinski definition) is 1. The van der Waals surface area contributed by atoms with E-state index in [-0.39, 0.29) is 0 Å². The van der Waals surface area contributed by atoms with Crippen LogP contribution in [0.2, 0.25) is 0 Å². The molecular weight excluding hydrogens is 282 g/mol. The second-order valence-corrected chi connectivity index (χ2v) is 6.55. The first-order chi connectivity index (χ1) is 9.40. The second-order valence-electron chi connectivity index (χ2n) is 4.92. The van der Waals surface area contributed by atoms with Gasteiger partial charge in [0.2, 0.25) is 5.50 Å². The lowest BCUT2D eigenvalue weighted by atomic mass is 9.88. The van der Waals surface area contributed by atoms with Gasteiger partial charge in [-0.1, -0.05) is 0 Å². The normalized spacial score (nSPS) is 26.6. The Morgan fingerprint density at radius 1 is 1.45 bits per heavy atom. The fraction of sp³-hybridized carbons (Fsp3) is 0.583. The Labute approximate surface area is 117 Å². The molecule has 1 heterocycles. The Hall–Kier alpha value is -1.70. The van der Waals surface area contributed by atoms with Gasteiger partial charge in [0.25, 0.3) is 10.0 Å². The predicted octanol–water partition coefficient (Wildman–Crippen LogP) is 0.845. The van der Waals surface area contributed by atoms with Crippen LogP contribution in [0.4, 0.5) is 0 Å². The predicted molar refractivity (Wildman–Crippen MR) is 75.1 cm³/mol. The van der Waals surface area contributed by atoms with Gasteiger partial charge < -0.3 is 10.0 Å². The van der Waals surface area contributed by atoms with Crippen molar-refractivity contribution >= 4 is 27.9 Å². The topological polar surface area (TPSA) is 99.4 Å². The van der Waals surface area contributed by atoms with E-state index in [4.69, 9.17) is 5.11 Å². The number of rotatable bonds is 3. The van der Waals surface area contributed by atoms with E-state index < -0.39 is 27.4 Å². The van der Waals surface area contributed by atoms with Crippen molar-refractivity contribution in [2.45, 2.75) is 31.2 Å². The third-order valence-corrected chi connectivity index (χ3v) is 4.90. The van der Waals surface area contributed by atoms with Crippen LogP contribution in [0.5, 0.6) is 0 Å². The van der Waals surface area contributed by atoms with Gasteiger partial charge in [-0.3, -0.25) is 9.79 Å². The van der Waals surface area contributed by atoms with Gasteiger partial charge in [-0.2, -0.15) is 4.40 Å². The average Bonchev–Trinajstić information content (AvgIpc) is 2.39. The van der Waals surface area contributed by atoms with Crippen LogP contribution in [-0.2, 0) is 14.8 Å². The van der Waals surface area contributed by atoms with Crippen LogP contribution in [0.15, 0.2) is 21.7 Å². The van der Waals surface area contributed by atoms with Crippen molar-refractivity contribution in [1.29, 1.82) is 0 Å². The van der Waals surface area contributed by atoms with E-state index >= 15 is 0 Å². The minimum absolute atomic E-state index is 0.394. The first-order valence-corrected chi connectivity index (χ1v) is 7.87. The highest BCUT2D eigenvalue weighted by Crippen LogP contribution is 2.24. The summed E-state index contributed by atoms with van der Waals surface area (Å²) >= 11 is 0. The highest BCUT2D eigenvalue weighted by Gasteiger charge is 2.30. The zero-order chi connectivity index (χ0) is 14.8.